The molecule has 1 aromatic carbocycles. The Labute approximate surface area is 144 Å². The van der Waals surface area contributed by atoms with Gasteiger partial charge in [0.15, 0.2) is 0 Å². The summed E-state index contributed by atoms with van der Waals surface area (Å²) in [4.78, 5) is 26.2. The molecular formula is C19H28N2O3. The van der Waals surface area contributed by atoms with Gasteiger partial charge in [-0.15, -0.1) is 0 Å². The van der Waals surface area contributed by atoms with Crippen LogP contribution in [0.15, 0.2) is 24.3 Å². The van der Waals surface area contributed by atoms with E-state index in [1.165, 1.54) is 0 Å². The van der Waals surface area contributed by atoms with Crippen LogP contribution in [-0.4, -0.2) is 43.0 Å². The molecule has 5 heteroatoms. The minimum absolute atomic E-state index is 0.0580. The number of amides is 2. The number of carbonyl (C=O) groups is 2. The third-order valence-corrected chi connectivity index (χ3v) is 4.28. The van der Waals surface area contributed by atoms with Crippen molar-refractivity contribution < 1.29 is 14.3 Å². The number of hydrogen-bond acceptors (Lipinski definition) is 3. The topological polar surface area (TPSA) is 58.6 Å². The summed E-state index contributed by atoms with van der Waals surface area (Å²) in [7, 11) is 0. The van der Waals surface area contributed by atoms with E-state index in [1.807, 2.05) is 43.0 Å². The molecule has 0 saturated carbocycles. The maximum absolute atomic E-state index is 12.7. The van der Waals surface area contributed by atoms with Crippen LogP contribution < -0.4 is 10.1 Å². The van der Waals surface area contributed by atoms with Crippen LogP contribution in [0.2, 0.25) is 0 Å². The highest BCUT2D eigenvalue weighted by Gasteiger charge is 2.24. The Hall–Kier alpha value is -2.04. The molecule has 1 atom stereocenters. The van der Waals surface area contributed by atoms with E-state index in [2.05, 4.69) is 5.32 Å². The number of likely N-dealkylation sites (tertiary alicyclic amines) is 1. The minimum atomic E-state index is 0.0580. The zero-order valence-electron chi connectivity index (χ0n) is 14.7. The summed E-state index contributed by atoms with van der Waals surface area (Å²) >= 11 is 0. The molecule has 5 nitrogen and oxygen atoms in total. The lowest BCUT2D eigenvalue weighted by molar-refractivity contribution is -0.121. The zero-order valence-corrected chi connectivity index (χ0v) is 14.7. The first-order chi connectivity index (χ1) is 11.6. The van der Waals surface area contributed by atoms with E-state index in [-0.39, 0.29) is 11.8 Å². The Morgan fingerprint density at radius 1 is 1.25 bits per heavy atom. The largest absolute Gasteiger partial charge is 0.494 e. The van der Waals surface area contributed by atoms with Gasteiger partial charge in [-0.1, -0.05) is 6.92 Å². The molecule has 2 amide bonds. The summed E-state index contributed by atoms with van der Waals surface area (Å²) < 4.78 is 5.41. The van der Waals surface area contributed by atoms with Crippen LogP contribution in [0.5, 0.6) is 5.75 Å². The molecule has 1 fully saturated rings. The molecule has 132 valence electrons. The normalized spacial score (nSPS) is 17.4. The molecule has 1 heterocycles. The van der Waals surface area contributed by atoms with Crippen molar-refractivity contribution in [2.75, 3.05) is 26.2 Å². The summed E-state index contributed by atoms with van der Waals surface area (Å²) in [6.45, 7) is 6.70. The smallest absolute Gasteiger partial charge is 0.253 e. The number of nitrogens with zero attached hydrogens (tertiary/aromatic N) is 1. The second-order valence-corrected chi connectivity index (χ2v) is 6.27. The Morgan fingerprint density at radius 2 is 2.00 bits per heavy atom. The van der Waals surface area contributed by atoms with Gasteiger partial charge in [0.25, 0.3) is 5.91 Å². The van der Waals surface area contributed by atoms with Gasteiger partial charge < -0.3 is 15.0 Å². The fourth-order valence-corrected chi connectivity index (χ4v) is 3.03. The minimum Gasteiger partial charge on any atom is -0.494 e. The molecule has 0 bridgehead atoms. The Kier molecular flexibility index (Phi) is 7.09. The lowest BCUT2D eigenvalue weighted by Crippen LogP contribution is -2.43. The first-order valence-corrected chi connectivity index (χ1v) is 8.92. The number of carbonyl (C=O) groups excluding carboxylic acids is 2. The van der Waals surface area contributed by atoms with Crippen molar-refractivity contribution in [1.29, 1.82) is 0 Å². The molecule has 0 unspecified atom stereocenters. The Balaban J connectivity index is 1.88. The molecule has 1 aliphatic rings. The third-order valence-electron chi connectivity index (χ3n) is 4.28. The van der Waals surface area contributed by atoms with Crippen LogP contribution in [0, 0.1) is 5.92 Å². The zero-order chi connectivity index (χ0) is 17.4. The first kappa shape index (κ1) is 18.3. The van der Waals surface area contributed by atoms with E-state index in [9.17, 15) is 9.59 Å². The maximum Gasteiger partial charge on any atom is 0.253 e. The van der Waals surface area contributed by atoms with Crippen LogP contribution in [0.1, 0.15) is 49.9 Å². The molecule has 2 rings (SSSR count). The fourth-order valence-electron chi connectivity index (χ4n) is 3.03. The molecule has 0 spiro atoms. The average Bonchev–Trinajstić information content (AvgIpc) is 2.61. The highest BCUT2D eigenvalue weighted by atomic mass is 16.5. The van der Waals surface area contributed by atoms with E-state index in [4.69, 9.17) is 4.74 Å². The van der Waals surface area contributed by atoms with Gasteiger partial charge >= 0.3 is 0 Å². The summed E-state index contributed by atoms with van der Waals surface area (Å²) in [5, 5.41) is 2.98. The second-order valence-electron chi connectivity index (χ2n) is 6.27. The van der Waals surface area contributed by atoms with E-state index in [0.717, 1.165) is 31.6 Å². The average molecular weight is 332 g/mol. The number of piperidine rings is 1. The third kappa shape index (κ3) is 5.25. The van der Waals surface area contributed by atoms with Crippen molar-refractivity contribution in [3.05, 3.63) is 29.8 Å². The van der Waals surface area contributed by atoms with Crippen molar-refractivity contribution in [3.8, 4) is 5.75 Å². The summed E-state index contributed by atoms with van der Waals surface area (Å²) in [6, 6.07) is 7.31. The predicted octanol–water partition coefficient (Wildman–Crippen LogP) is 2.85. The van der Waals surface area contributed by atoms with Gasteiger partial charge in [-0.2, -0.15) is 0 Å². The molecule has 1 N–H and O–H groups in total. The predicted molar refractivity (Wildman–Crippen MR) is 94.2 cm³/mol. The van der Waals surface area contributed by atoms with Gasteiger partial charge in [-0.25, -0.2) is 0 Å². The van der Waals surface area contributed by atoms with Gasteiger partial charge in [0.05, 0.1) is 6.61 Å². The number of rotatable bonds is 7. The van der Waals surface area contributed by atoms with Crippen LogP contribution in [-0.2, 0) is 4.79 Å². The van der Waals surface area contributed by atoms with E-state index in [0.29, 0.717) is 37.6 Å². The van der Waals surface area contributed by atoms with Gasteiger partial charge in [0.2, 0.25) is 5.91 Å². The van der Waals surface area contributed by atoms with E-state index in [1.54, 1.807) is 0 Å². The van der Waals surface area contributed by atoms with Gasteiger partial charge in [-0.05, 0) is 56.4 Å². The van der Waals surface area contributed by atoms with Gasteiger partial charge in [-0.3, -0.25) is 9.59 Å². The molecule has 0 aliphatic carbocycles. The molecule has 1 aromatic rings. The summed E-state index contributed by atoms with van der Waals surface area (Å²) in [6.07, 6.45) is 3.47. The number of nitrogens with one attached hydrogen (secondary N) is 1. The van der Waals surface area contributed by atoms with Crippen LogP contribution in [0.25, 0.3) is 0 Å². The molecule has 1 saturated heterocycles. The lowest BCUT2D eigenvalue weighted by atomic mass is 9.97. The Bertz CT molecular complexity index is 542. The van der Waals surface area contributed by atoms with E-state index < -0.39 is 0 Å². The van der Waals surface area contributed by atoms with Gasteiger partial charge in [0.1, 0.15) is 5.75 Å². The molecule has 1 aliphatic heterocycles. The highest BCUT2D eigenvalue weighted by Crippen LogP contribution is 2.19. The summed E-state index contributed by atoms with van der Waals surface area (Å²) in [5.41, 5.74) is 0.689. The van der Waals surface area contributed by atoms with Crippen molar-refractivity contribution in [3.63, 3.8) is 0 Å². The highest BCUT2D eigenvalue weighted by molar-refractivity contribution is 5.94. The van der Waals surface area contributed by atoms with Crippen LogP contribution >= 0.6 is 0 Å². The molecule has 24 heavy (non-hydrogen) atoms. The van der Waals surface area contributed by atoms with Crippen LogP contribution in [0.4, 0.5) is 0 Å². The van der Waals surface area contributed by atoms with Gasteiger partial charge in [0, 0.05) is 31.6 Å². The first-order valence-electron chi connectivity index (χ1n) is 8.92. The Morgan fingerprint density at radius 3 is 2.67 bits per heavy atom. The van der Waals surface area contributed by atoms with Crippen LogP contribution in [0.3, 0.4) is 0 Å². The quantitative estimate of drug-likeness (QED) is 0.835. The van der Waals surface area contributed by atoms with Crippen molar-refractivity contribution in [2.24, 2.45) is 5.92 Å². The summed E-state index contributed by atoms with van der Waals surface area (Å²) in [5.74, 6) is 1.28. The van der Waals surface area contributed by atoms with Crippen molar-refractivity contribution >= 4 is 11.8 Å². The fraction of sp³-hybridized carbons (Fsp3) is 0.579. The van der Waals surface area contributed by atoms with Crippen molar-refractivity contribution in [1.82, 2.24) is 10.2 Å². The molecular weight excluding hydrogens is 304 g/mol. The SMILES string of the molecule is CCCC(=O)NC[C@@H]1CCCN(C(=O)c2ccc(OCC)cc2)C1. The van der Waals surface area contributed by atoms with Crippen molar-refractivity contribution in [2.45, 2.75) is 39.5 Å². The monoisotopic (exact) mass is 332 g/mol. The number of hydrogen-bond donors (Lipinski definition) is 1. The van der Waals surface area contributed by atoms with E-state index >= 15 is 0 Å². The number of benzene rings is 1. The molecule has 0 radical (unpaired) electrons. The number of ether oxygens (including phenoxy) is 1. The maximum atomic E-state index is 12.7. The molecule has 0 aromatic heterocycles. The standard InChI is InChI=1S/C19H28N2O3/c1-3-6-18(22)20-13-15-7-5-12-21(14-15)19(23)16-8-10-17(11-9-16)24-4-2/h8-11,15H,3-7,12-14H2,1-2H3,(H,20,22)/t15-/m0/s1. The second kappa shape index (κ2) is 9.30. The lowest BCUT2D eigenvalue weighted by Gasteiger charge is -2.33.